The van der Waals surface area contributed by atoms with Gasteiger partial charge in [-0.05, 0) is 54.6 Å². The topological polar surface area (TPSA) is 109 Å². The van der Waals surface area contributed by atoms with Crippen LogP contribution in [0, 0.1) is 10.1 Å². The van der Waals surface area contributed by atoms with E-state index in [1.165, 1.54) is 12.1 Å². The highest BCUT2D eigenvalue weighted by atomic mass is 16.6. The fourth-order valence-electron chi connectivity index (χ4n) is 3.02. The average Bonchev–Trinajstić information content (AvgIpc) is 3.34. The minimum absolute atomic E-state index is 0.131. The SMILES string of the molecule is O=C(Nc1ccc(OCCn2ccnc2)cc1)c1ccc(Oc2ccccc2[N+](=O)[O-])cc1. The zero-order valence-corrected chi connectivity index (χ0v) is 17.5. The summed E-state index contributed by atoms with van der Waals surface area (Å²) in [5.74, 6) is 0.927. The summed E-state index contributed by atoms with van der Waals surface area (Å²) in [5, 5.41) is 13.9. The van der Waals surface area contributed by atoms with Gasteiger partial charge in [-0.15, -0.1) is 0 Å². The molecule has 0 bridgehead atoms. The van der Waals surface area contributed by atoms with Gasteiger partial charge in [0, 0.05) is 29.7 Å². The van der Waals surface area contributed by atoms with Gasteiger partial charge in [-0.3, -0.25) is 14.9 Å². The van der Waals surface area contributed by atoms with E-state index in [0.717, 1.165) is 0 Å². The van der Waals surface area contributed by atoms with Crippen LogP contribution in [-0.2, 0) is 6.54 Å². The first kappa shape index (κ1) is 21.6. The number of carbonyl (C=O) groups is 1. The summed E-state index contributed by atoms with van der Waals surface area (Å²) in [5.41, 5.74) is 0.918. The molecule has 0 fully saturated rings. The van der Waals surface area contributed by atoms with Crippen molar-refractivity contribution in [3.05, 3.63) is 107 Å². The highest BCUT2D eigenvalue weighted by molar-refractivity contribution is 6.04. The van der Waals surface area contributed by atoms with Gasteiger partial charge in [0.05, 0.1) is 17.8 Å². The third-order valence-corrected chi connectivity index (χ3v) is 4.70. The number of carbonyl (C=O) groups excluding carboxylic acids is 1. The molecule has 0 unspecified atom stereocenters. The summed E-state index contributed by atoms with van der Waals surface area (Å²) in [4.78, 5) is 27.1. The van der Waals surface area contributed by atoms with Crippen LogP contribution in [0.3, 0.4) is 0 Å². The lowest BCUT2D eigenvalue weighted by atomic mass is 10.2. The molecule has 0 aliphatic carbocycles. The number of anilines is 1. The van der Waals surface area contributed by atoms with Crippen LogP contribution in [0.4, 0.5) is 11.4 Å². The van der Waals surface area contributed by atoms with Crippen LogP contribution >= 0.6 is 0 Å². The van der Waals surface area contributed by atoms with Gasteiger partial charge in [0.2, 0.25) is 5.75 Å². The lowest BCUT2D eigenvalue weighted by Gasteiger charge is -2.09. The Morgan fingerprint density at radius 3 is 2.42 bits per heavy atom. The normalized spacial score (nSPS) is 10.4. The van der Waals surface area contributed by atoms with Crippen LogP contribution in [-0.4, -0.2) is 27.0 Å². The molecule has 9 heteroatoms. The maximum Gasteiger partial charge on any atom is 0.311 e. The molecule has 0 spiro atoms. The van der Waals surface area contributed by atoms with E-state index in [9.17, 15) is 14.9 Å². The summed E-state index contributed by atoms with van der Waals surface area (Å²) >= 11 is 0. The van der Waals surface area contributed by atoms with Crippen molar-refractivity contribution < 1.29 is 19.2 Å². The van der Waals surface area contributed by atoms with E-state index in [1.54, 1.807) is 73.2 Å². The number of amides is 1. The van der Waals surface area contributed by atoms with E-state index in [-0.39, 0.29) is 17.3 Å². The molecule has 0 aliphatic rings. The van der Waals surface area contributed by atoms with Gasteiger partial charge in [-0.2, -0.15) is 0 Å². The molecule has 0 saturated carbocycles. The first-order valence-corrected chi connectivity index (χ1v) is 10.1. The molecule has 1 amide bonds. The summed E-state index contributed by atoms with van der Waals surface area (Å²) in [6.45, 7) is 1.19. The number of para-hydroxylation sites is 2. The number of aromatic nitrogens is 2. The molecule has 4 aromatic rings. The first-order valence-electron chi connectivity index (χ1n) is 10.1. The second kappa shape index (κ2) is 10.1. The van der Waals surface area contributed by atoms with E-state index in [1.807, 2.05) is 10.8 Å². The van der Waals surface area contributed by atoms with Gasteiger partial charge < -0.3 is 19.4 Å². The number of nitrogens with one attached hydrogen (secondary N) is 1. The van der Waals surface area contributed by atoms with Crippen LogP contribution in [0.15, 0.2) is 91.5 Å². The number of hydrogen-bond donors (Lipinski definition) is 1. The van der Waals surface area contributed by atoms with Gasteiger partial charge in [0.25, 0.3) is 5.91 Å². The fraction of sp³-hybridized carbons (Fsp3) is 0.0833. The Labute approximate surface area is 189 Å². The Balaban J connectivity index is 1.31. The third kappa shape index (κ3) is 5.73. The molecule has 166 valence electrons. The molecular formula is C24H20N4O5. The fourth-order valence-corrected chi connectivity index (χ4v) is 3.02. The van der Waals surface area contributed by atoms with Crippen LogP contribution in [0.1, 0.15) is 10.4 Å². The van der Waals surface area contributed by atoms with Crippen molar-refractivity contribution in [1.29, 1.82) is 0 Å². The number of nitrogens with zero attached hydrogens (tertiary/aromatic N) is 3. The Kier molecular flexibility index (Phi) is 6.60. The number of hydrogen-bond acceptors (Lipinski definition) is 6. The van der Waals surface area contributed by atoms with Crippen LogP contribution < -0.4 is 14.8 Å². The number of ether oxygens (including phenoxy) is 2. The molecule has 3 aromatic carbocycles. The molecule has 0 aliphatic heterocycles. The van der Waals surface area contributed by atoms with Gasteiger partial charge in [0.15, 0.2) is 0 Å². The number of imidazole rings is 1. The van der Waals surface area contributed by atoms with Gasteiger partial charge in [-0.1, -0.05) is 12.1 Å². The molecule has 1 aromatic heterocycles. The molecule has 0 saturated heterocycles. The maximum absolute atomic E-state index is 12.5. The van der Waals surface area contributed by atoms with Crippen molar-refractivity contribution in [3.63, 3.8) is 0 Å². The molecular weight excluding hydrogens is 424 g/mol. The number of nitro benzene ring substituents is 1. The van der Waals surface area contributed by atoms with Gasteiger partial charge >= 0.3 is 5.69 Å². The minimum Gasteiger partial charge on any atom is -0.492 e. The van der Waals surface area contributed by atoms with E-state index >= 15 is 0 Å². The molecule has 1 heterocycles. The molecule has 0 atom stereocenters. The van der Waals surface area contributed by atoms with E-state index in [0.29, 0.717) is 35.9 Å². The summed E-state index contributed by atoms with van der Waals surface area (Å²) in [6.07, 6.45) is 5.31. The number of nitro groups is 1. The van der Waals surface area contributed by atoms with E-state index in [2.05, 4.69) is 10.3 Å². The quantitative estimate of drug-likeness (QED) is 0.290. The standard InChI is InChI=1S/C24H20N4O5/c29-24(26-19-7-11-20(12-8-19)32-16-15-27-14-13-25-17-27)18-5-9-21(10-6-18)33-23-4-2-1-3-22(23)28(30)31/h1-14,17H,15-16H2,(H,26,29). The number of benzene rings is 3. The predicted molar refractivity (Wildman–Crippen MR) is 122 cm³/mol. The number of rotatable bonds is 9. The van der Waals surface area contributed by atoms with Crippen LogP contribution in [0.5, 0.6) is 17.2 Å². The average molecular weight is 444 g/mol. The highest BCUT2D eigenvalue weighted by Crippen LogP contribution is 2.30. The Morgan fingerprint density at radius 1 is 1.00 bits per heavy atom. The first-order chi connectivity index (χ1) is 16.1. The van der Waals surface area contributed by atoms with Gasteiger partial charge in [-0.25, -0.2) is 4.98 Å². The van der Waals surface area contributed by atoms with Crippen molar-refractivity contribution in [2.75, 3.05) is 11.9 Å². The zero-order valence-electron chi connectivity index (χ0n) is 17.5. The summed E-state index contributed by atoms with van der Waals surface area (Å²) in [6, 6.07) is 19.6. The monoisotopic (exact) mass is 444 g/mol. The van der Waals surface area contributed by atoms with Crippen LogP contribution in [0.2, 0.25) is 0 Å². The van der Waals surface area contributed by atoms with Crippen molar-refractivity contribution >= 4 is 17.3 Å². The predicted octanol–water partition coefficient (Wildman–Crippen LogP) is 4.91. The van der Waals surface area contributed by atoms with Gasteiger partial charge in [0.1, 0.15) is 18.1 Å². The van der Waals surface area contributed by atoms with Crippen molar-refractivity contribution in [3.8, 4) is 17.2 Å². The van der Waals surface area contributed by atoms with Crippen molar-refractivity contribution in [2.45, 2.75) is 6.54 Å². The molecule has 0 radical (unpaired) electrons. The second-order valence-electron chi connectivity index (χ2n) is 6.98. The Hall–Kier alpha value is -4.66. The molecule has 1 N–H and O–H groups in total. The molecule has 33 heavy (non-hydrogen) atoms. The van der Waals surface area contributed by atoms with Crippen LogP contribution in [0.25, 0.3) is 0 Å². The third-order valence-electron chi connectivity index (χ3n) is 4.70. The Morgan fingerprint density at radius 2 is 1.73 bits per heavy atom. The smallest absolute Gasteiger partial charge is 0.311 e. The highest BCUT2D eigenvalue weighted by Gasteiger charge is 2.15. The molecule has 4 rings (SSSR count). The maximum atomic E-state index is 12.5. The lowest BCUT2D eigenvalue weighted by molar-refractivity contribution is -0.385. The summed E-state index contributed by atoms with van der Waals surface area (Å²) < 4.78 is 13.2. The Bertz CT molecular complexity index is 1220. The molecule has 9 nitrogen and oxygen atoms in total. The summed E-state index contributed by atoms with van der Waals surface area (Å²) in [7, 11) is 0. The lowest BCUT2D eigenvalue weighted by Crippen LogP contribution is -2.11. The zero-order chi connectivity index (χ0) is 23.0. The largest absolute Gasteiger partial charge is 0.492 e. The van der Waals surface area contributed by atoms with Crippen molar-refractivity contribution in [2.24, 2.45) is 0 Å². The van der Waals surface area contributed by atoms with Crippen molar-refractivity contribution in [1.82, 2.24) is 9.55 Å². The second-order valence-corrected chi connectivity index (χ2v) is 6.98. The van der Waals surface area contributed by atoms with E-state index < -0.39 is 4.92 Å². The van der Waals surface area contributed by atoms with E-state index in [4.69, 9.17) is 9.47 Å². The minimum atomic E-state index is -0.507.